The van der Waals surface area contributed by atoms with Gasteiger partial charge in [0.15, 0.2) is 0 Å². The third-order valence-corrected chi connectivity index (χ3v) is 2.56. The second kappa shape index (κ2) is 9.16. The number of nitrogens with zero attached hydrogens (tertiary/aromatic N) is 2. The summed E-state index contributed by atoms with van der Waals surface area (Å²) >= 11 is 0. The first-order chi connectivity index (χ1) is 8.83. The lowest BCUT2D eigenvalue weighted by Gasteiger charge is -2.24. The van der Waals surface area contributed by atoms with E-state index in [-0.39, 0.29) is 33.0 Å². The summed E-state index contributed by atoms with van der Waals surface area (Å²) in [5.41, 5.74) is -1.18. The largest absolute Gasteiger partial charge is 0.395 e. The van der Waals surface area contributed by atoms with Crippen LogP contribution in [0.15, 0.2) is 0 Å². The van der Waals surface area contributed by atoms with Crippen molar-refractivity contribution in [3.63, 3.8) is 0 Å². The molecule has 0 saturated carbocycles. The van der Waals surface area contributed by atoms with Crippen LogP contribution < -0.4 is 0 Å². The average Bonchev–Trinajstić information content (AvgIpc) is 2.29. The third kappa shape index (κ3) is 8.06. The maximum atomic E-state index is 10.6. The number of aliphatic hydroxyl groups is 3. The molecule has 0 amide bonds. The van der Waals surface area contributed by atoms with Crippen molar-refractivity contribution >= 4 is 0 Å². The zero-order valence-electron chi connectivity index (χ0n) is 11.5. The number of nitro groups is 1. The van der Waals surface area contributed by atoms with E-state index in [4.69, 9.17) is 14.9 Å². The van der Waals surface area contributed by atoms with Crippen molar-refractivity contribution in [2.24, 2.45) is 0 Å². The Morgan fingerprint density at radius 2 is 1.84 bits per heavy atom. The minimum atomic E-state index is -1.18. The summed E-state index contributed by atoms with van der Waals surface area (Å²) in [6.45, 7) is 3.58. The molecule has 0 aliphatic carbocycles. The molecule has 0 saturated heterocycles. The van der Waals surface area contributed by atoms with Crippen molar-refractivity contribution in [1.82, 2.24) is 4.90 Å². The van der Waals surface area contributed by atoms with Gasteiger partial charge in [-0.15, -0.1) is 0 Å². The Hall–Kier alpha value is -0.800. The van der Waals surface area contributed by atoms with Crippen LogP contribution in [-0.4, -0.2) is 82.8 Å². The number of hydrogen-bond acceptors (Lipinski definition) is 7. The molecule has 0 bridgehead atoms. The summed E-state index contributed by atoms with van der Waals surface area (Å²) in [5.74, 6) is 0. The van der Waals surface area contributed by atoms with E-state index in [9.17, 15) is 15.2 Å². The molecule has 8 heteroatoms. The van der Waals surface area contributed by atoms with Crippen molar-refractivity contribution in [2.45, 2.75) is 25.5 Å². The van der Waals surface area contributed by atoms with Crippen molar-refractivity contribution in [1.29, 1.82) is 0 Å². The Bertz CT molecular complexity index is 256. The molecule has 3 N–H and O–H groups in total. The van der Waals surface area contributed by atoms with E-state index in [0.717, 1.165) is 0 Å². The molecule has 8 nitrogen and oxygen atoms in total. The summed E-state index contributed by atoms with van der Waals surface area (Å²) in [6.07, 6.45) is -0.819. The summed E-state index contributed by atoms with van der Waals surface area (Å²) in [7, 11) is 0. The first kappa shape index (κ1) is 18.2. The molecule has 0 aromatic carbocycles. The molecule has 114 valence electrons. The fraction of sp³-hybridized carbons (Fsp3) is 1.00. The molecule has 0 aliphatic rings. The second-order valence-corrected chi connectivity index (χ2v) is 4.99. The molecule has 0 aromatic rings. The Labute approximate surface area is 112 Å². The van der Waals surface area contributed by atoms with Crippen molar-refractivity contribution in [2.75, 3.05) is 46.1 Å². The summed E-state index contributed by atoms with van der Waals surface area (Å²) in [6, 6.07) is 0. The van der Waals surface area contributed by atoms with Gasteiger partial charge in [-0.2, -0.15) is 0 Å². The third-order valence-electron chi connectivity index (χ3n) is 2.56. The van der Waals surface area contributed by atoms with Crippen LogP contribution in [0.25, 0.3) is 0 Å². The van der Waals surface area contributed by atoms with Gasteiger partial charge in [0.25, 0.3) is 0 Å². The Balaban J connectivity index is 3.96. The molecule has 0 rings (SSSR count). The van der Waals surface area contributed by atoms with Gasteiger partial charge in [-0.1, -0.05) is 0 Å². The molecule has 0 fully saturated rings. The molecule has 1 atom stereocenters. The van der Waals surface area contributed by atoms with Crippen LogP contribution in [0.2, 0.25) is 0 Å². The van der Waals surface area contributed by atoms with Gasteiger partial charge < -0.3 is 20.1 Å². The van der Waals surface area contributed by atoms with E-state index in [1.807, 2.05) is 0 Å². The number of ether oxygens (including phenoxy) is 1. The van der Waals surface area contributed by atoms with Crippen LogP contribution >= 0.6 is 0 Å². The van der Waals surface area contributed by atoms with Crippen LogP contribution in [0.1, 0.15) is 13.8 Å². The lowest BCUT2D eigenvalue weighted by atomic mass is 10.1. The van der Waals surface area contributed by atoms with Crippen LogP contribution in [-0.2, 0) is 4.74 Å². The van der Waals surface area contributed by atoms with Gasteiger partial charge in [0.2, 0.25) is 5.54 Å². The maximum Gasteiger partial charge on any atom is 0.239 e. The summed E-state index contributed by atoms with van der Waals surface area (Å²) < 4.78 is 5.14. The number of hydrogen-bond donors (Lipinski definition) is 3. The van der Waals surface area contributed by atoms with E-state index < -0.39 is 16.6 Å². The minimum Gasteiger partial charge on any atom is -0.395 e. The van der Waals surface area contributed by atoms with Crippen LogP contribution in [0.5, 0.6) is 0 Å². The van der Waals surface area contributed by atoms with E-state index in [1.165, 1.54) is 13.8 Å². The fourth-order valence-electron chi connectivity index (χ4n) is 1.43. The number of aliphatic hydroxyl groups excluding tert-OH is 3. The normalized spacial score (nSPS) is 13.8. The fourth-order valence-corrected chi connectivity index (χ4v) is 1.43. The lowest BCUT2D eigenvalue weighted by Crippen LogP contribution is -2.40. The maximum absolute atomic E-state index is 10.6. The number of rotatable bonds is 11. The highest BCUT2D eigenvalue weighted by Gasteiger charge is 2.31. The highest BCUT2D eigenvalue weighted by molar-refractivity contribution is 4.68. The van der Waals surface area contributed by atoms with Crippen LogP contribution in [0, 0.1) is 10.1 Å². The predicted molar refractivity (Wildman–Crippen MR) is 68.5 cm³/mol. The Morgan fingerprint density at radius 3 is 2.26 bits per heavy atom. The van der Waals surface area contributed by atoms with Gasteiger partial charge >= 0.3 is 0 Å². The monoisotopic (exact) mass is 280 g/mol. The van der Waals surface area contributed by atoms with Crippen molar-refractivity contribution < 1.29 is 25.0 Å². The topological polar surface area (TPSA) is 116 Å². The van der Waals surface area contributed by atoms with E-state index in [2.05, 4.69) is 0 Å². The molecule has 0 aromatic heterocycles. The molecule has 1 unspecified atom stereocenters. The first-order valence-electron chi connectivity index (χ1n) is 6.18. The quantitative estimate of drug-likeness (QED) is 0.318. The molecule has 0 radical (unpaired) electrons. The highest BCUT2D eigenvalue weighted by atomic mass is 16.6. The molecular weight excluding hydrogens is 256 g/mol. The standard InChI is InChI=1S/C11H24N2O6/c1-11(2,13(17)18)9-19-8-10(16)7-12(3-5-14)4-6-15/h10,14-16H,3-9H2,1-2H3. The van der Waals surface area contributed by atoms with E-state index in [0.29, 0.717) is 13.1 Å². The Kier molecular flexibility index (Phi) is 8.77. The van der Waals surface area contributed by atoms with Gasteiger partial charge in [-0.05, 0) is 0 Å². The van der Waals surface area contributed by atoms with Gasteiger partial charge in [-0.3, -0.25) is 15.0 Å². The minimum absolute atomic E-state index is 0.0232. The average molecular weight is 280 g/mol. The van der Waals surface area contributed by atoms with Gasteiger partial charge in [-0.25, -0.2) is 0 Å². The van der Waals surface area contributed by atoms with Crippen molar-refractivity contribution in [3.05, 3.63) is 10.1 Å². The van der Waals surface area contributed by atoms with Gasteiger partial charge in [0.05, 0.1) is 25.9 Å². The van der Waals surface area contributed by atoms with E-state index >= 15 is 0 Å². The zero-order valence-corrected chi connectivity index (χ0v) is 11.5. The smallest absolute Gasteiger partial charge is 0.239 e. The Morgan fingerprint density at radius 1 is 1.32 bits per heavy atom. The van der Waals surface area contributed by atoms with Crippen molar-refractivity contribution in [3.8, 4) is 0 Å². The first-order valence-corrected chi connectivity index (χ1v) is 6.18. The highest BCUT2D eigenvalue weighted by Crippen LogP contribution is 2.08. The summed E-state index contributed by atoms with van der Waals surface area (Å²) in [5, 5.41) is 38.0. The van der Waals surface area contributed by atoms with Gasteiger partial charge in [0, 0.05) is 38.4 Å². The van der Waals surface area contributed by atoms with Gasteiger partial charge in [0.1, 0.15) is 6.61 Å². The lowest BCUT2D eigenvalue weighted by molar-refractivity contribution is -0.564. The second-order valence-electron chi connectivity index (χ2n) is 4.99. The SMILES string of the molecule is CC(C)(COCC(O)CN(CCO)CCO)[N+](=O)[O-]. The van der Waals surface area contributed by atoms with Crippen LogP contribution in [0.3, 0.4) is 0 Å². The predicted octanol–water partition coefficient (Wildman–Crippen LogP) is -1.29. The molecular formula is C11H24N2O6. The molecule has 19 heavy (non-hydrogen) atoms. The molecule has 0 heterocycles. The van der Waals surface area contributed by atoms with Crippen LogP contribution in [0.4, 0.5) is 0 Å². The van der Waals surface area contributed by atoms with E-state index in [1.54, 1.807) is 4.90 Å². The molecule has 0 spiro atoms. The molecule has 0 aliphatic heterocycles. The zero-order chi connectivity index (χ0) is 14.9. The summed E-state index contributed by atoms with van der Waals surface area (Å²) in [4.78, 5) is 11.9.